The molecule has 2 N–H and O–H groups in total. The van der Waals surface area contributed by atoms with Crippen LogP contribution in [0, 0.1) is 0 Å². The number of aromatic nitrogens is 2. The first-order valence-corrected chi connectivity index (χ1v) is 9.44. The predicted molar refractivity (Wildman–Crippen MR) is 126 cm³/mol. The summed E-state index contributed by atoms with van der Waals surface area (Å²) < 4.78 is 7.47. The van der Waals surface area contributed by atoms with Crippen molar-refractivity contribution in [3.05, 3.63) is 48.3 Å². The number of benzene rings is 1. The average molecular weight is 500 g/mol. The van der Waals surface area contributed by atoms with E-state index in [0.717, 1.165) is 43.3 Å². The van der Waals surface area contributed by atoms with Crippen LogP contribution >= 0.6 is 24.0 Å². The summed E-state index contributed by atoms with van der Waals surface area (Å²) >= 11 is 0. The first kappa shape index (κ1) is 24.2. The minimum Gasteiger partial charge on any atom is -0.496 e. The lowest BCUT2D eigenvalue weighted by molar-refractivity contribution is 0.295. The SMILES string of the molecule is CCNC(=NCC(c1ccccc1OC)N(C)C)NCCCn1cccn1.I. The van der Waals surface area contributed by atoms with Crippen molar-refractivity contribution in [2.75, 3.05) is 40.8 Å². The van der Waals surface area contributed by atoms with Crippen molar-refractivity contribution in [1.82, 2.24) is 25.3 Å². The maximum atomic E-state index is 5.53. The number of ether oxygens (including phenoxy) is 1. The molecule has 0 aliphatic heterocycles. The molecule has 0 saturated heterocycles. The highest BCUT2D eigenvalue weighted by molar-refractivity contribution is 14.0. The summed E-state index contributed by atoms with van der Waals surface area (Å²) in [5.41, 5.74) is 1.14. The number of hydrogen-bond donors (Lipinski definition) is 2. The van der Waals surface area contributed by atoms with E-state index in [-0.39, 0.29) is 30.0 Å². The van der Waals surface area contributed by atoms with Crippen LogP contribution in [0.5, 0.6) is 5.75 Å². The van der Waals surface area contributed by atoms with Gasteiger partial charge in [0.15, 0.2) is 5.96 Å². The highest BCUT2D eigenvalue weighted by Crippen LogP contribution is 2.28. The number of para-hydroxylation sites is 1. The van der Waals surface area contributed by atoms with Gasteiger partial charge in [-0.15, -0.1) is 24.0 Å². The van der Waals surface area contributed by atoms with Gasteiger partial charge in [-0.25, -0.2) is 0 Å². The minimum atomic E-state index is 0. The van der Waals surface area contributed by atoms with Crippen molar-refractivity contribution in [1.29, 1.82) is 0 Å². The van der Waals surface area contributed by atoms with E-state index in [9.17, 15) is 0 Å². The molecule has 0 fully saturated rings. The van der Waals surface area contributed by atoms with E-state index in [1.165, 1.54) is 0 Å². The second-order valence-electron chi connectivity index (χ2n) is 6.49. The van der Waals surface area contributed by atoms with Crippen molar-refractivity contribution in [2.45, 2.75) is 25.9 Å². The second-order valence-corrected chi connectivity index (χ2v) is 6.49. The number of rotatable bonds is 10. The van der Waals surface area contributed by atoms with E-state index in [0.29, 0.717) is 6.54 Å². The Morgan fingerprint density at radius 3 is 2.68 bits per heavy atom. The molecule has 1 heterocycles. The van der Waals surface area contributed by atoms with Gasteiger partial charge in [-0.3, -0.25) is 9.67 Å². The molecular weight excluding hydrogens is 467 g/mol. The molecule has 8 heteroatoms. The van der Waals surface area contributed by atoms with Crippen LogP contribution in [-0.2, 0) is 6.54 Å². The van der Waals surface area contributed by atoms with E-state index in [1.807, 2.05) is 35.1 Å². The fourth-order valence-electron chi connectivity index (χ4n) is 2.88. The molecule has 1 aromatic carbocycles. The minimum absolute atomic E-state index is 0. The number of aliphatic imine (C=N–C) groups is 1. The maximum absolute atomic E-state index is 5.53. The lowest BCUT2D eigenvalue weighted by atomic mass is 10.0. The van der Waals surface area contributed by atoms with Gasteiger partial charge in [0.2, 0.25) is 0 Å². The average Bonchev–Trinajstić information content (AvgIpc) is 3.18. The molecule has 0 amide bonds. The molecule has 1 aromatic heterocycles. The monoisotopic (exact) mass is 500 g/mol. The van der Waals surface area contributed by atoms with Gasteiger partial charge >= 0.3 is 0 Å². The zero-order chi connectivity index (χ0) is 19.5. The van der Waals surface area contributed by atoms with E-state index >= 15 is 0 Å². The highest BCUT2D eigenvalue weighted by atomic mass is 127. The first-order valence-electron chi connectivity index (χ1n) is 9.44. The zero-order valence-electron chi connectivity index (χ0n) is 17.3. The number of methoxy groups -OCH3 is 1. The number of nitrogens with one attached hydrogen (secondary N) is 2. The summed E-state index contributed by atoms with van der Waals surface area (Å²) in [5, 5.41) is 10.9. The van der Waals surface area contributed by atoms with Crippen LogP contribution in [-0.4, -0.2) is 61.5 Å². The fourth-order valence-corrected chi connectivity index (χ4v) is 2.88. The van der Waals surface area contributed by atoms with Crippen LogP contribution in [0.2, 0.25) is 0 Å². The molecule has 28 heavy (non-hydrogen) atoms. The smallest absolute Gasteiger partial charge is 0.191 e. The van der Waals surface area contributed by atoms with Gasteiger partial charge in [-0.05, 0) is 39.6 Å². The van der Waals surface area contributed by atoms with Crippen molar-refractivity contribution in [2.24, 2.45) is 4.99 Å². The summed E-state index contributed by atoms with van der Waals surface area (Å²) in [4.78, 5) is 6.97. The largest absolute Gasteiger partial charge is 0.496 e. The summed E-state index contributed by atoms with van der Waals surface area (Å²) in [6.45, 7) is 5.27. The lowest BCUT2D eigenvalue weighted by Crippen LogP contribution is -2.38. The van der Waals surface area contributed by atoms with Crippen LogP contribution in [0.4, 0.5) is 0 Å². The molecule has 7 nitrogen and oxygen atoms in total. The predicted octanol–water partition coefficient (Wildman–Crippen LogP) is 2.76. The summed E-state index contributed by atoms with van der Waals surface area (Å²) in [5.74, 6) is 1.73. The topological polar surface area (TPSA) is 66.7 Å². The Morgan fingerprint density at radius 1 is 1.25 bits per heavy atom. The molecule has 1 atom stereocenters. The summed E-state index contributed by atoms with van der Waals surface area (Å²) in [6.07, 6.45) is 4.77. The van der Waals surface area contributed by atoms with Crippen LogP contribution in [0.25, 0.3) is 0 Å². The van der Waals surface area contributed by atoms with Crippen LogP contribution in [0.1, 0.15) is 24.9 Å². The van der Waals surface area contributed by atoms with E-state index in [4.69, 9.17) is 9.73 Å². The van der Waals surface area contributed by atoms with Crippen LogP contribution in [0.15, 0.2) is 47.7 Å². The van der Waals surface area contributed by atoms with Gasteiger partial charge < -0.3 is 20.3 Å². The number of aryl methyl sites for hydroxylation is 1. The van der Waals surface area contributed by atoms with Gasteiger partial charge in [0.1, 0.15) is 5.75 Å². The Labute approximate surface area is 185 Å². The quantitative estimate of drug-likeness (QED) is 0.227. The van der Waals surface area contributed by atoms with Gasteiger partial charge in [0, 0.05) is 37.6 Å². The van der Waals surface area contributed by atoms with Gasteiger partial charge in [-0.1, -0.05) is 18.2 Å². The van der Waals surface area contributed by atoms with E-state index in [2.05, 4.69) is 47.7 Å². The highest BCUT2D eigenvalue weighted by Gasteiger charge is 2.18. The zero-order valence-corrected chi connectivity index (χ0v) is 19.6. The van der Waals surface area contributed by atoms with Crippen molar-refractivity contribution < 1.29 is 4.74 Å². The molecule has 0 spiro atoms. The Morgan fingerprint density at radius 2 is 2.04 bits per heavy atom. The Kier molecular flexibility index (Phi) is 11.6. The Hall–Kier alpha value is -1.81. The molecule has 2 aromatic rings. The molecule has 0 aliphatic rings. The van der Waals surface area contributed by atoms with Gasteiger partial charge in [0.05, 0.1) is 19.7 Å². The first-order chi connectivity index (χ1) is 13.2. The number of likely N-dealkylation sites (N-methyl/N-ethyl adjacent to an activating group) is 1. The summed E-state index contributed by atoms with van der Waals surface area (Å²) in [6, 6.07) is 10.2. The molecule has 0 saturated carbocycles. The van der Waals surface area contributed by atoms with Crippen molar-refractivity contribution in [3.63, 3.8) is 0 Å². The maximum Gasteiger partial charge on any atom is 0.191 e. The van der Waals surface area contributed by atoms with Gasteiger partial charge in [-0.2, -0.15) is 5.10 Å². The second kappa shape index (κ2) is 13.4. The number of hydrogen-bond acceptors (Lipinski definition) is 4. The molecule has 0 bridgehead atoms. The molecule has 156 valence electrons. The van der Waals surface area contributed by atoms with Crippen LogP contribution < -0.4 is 15.4 Å². The molecule has 0 radical (unpaired) electrons. The molecule has 0 aliphatic carbocycles. The standard InChI is InChI=1S/C20H32N6O.HI/c1-5-21-20(22-12-8-14-26-15-9-13-24-26)23-16-18(25(2)3)17-10-6-7-11-19(17)27-4;/h6-7,9-11,13,15,18H,5,8,12,14,16H2,1-4H3,(H2,21,22,23);1H. The van der Waals surface area contributed by atoms with Crippen molar-refractivity contribution in [3.8, 4) is 5.75 Å². The molecule has 1 unspecified atom stereocenters. The lowest BCUT2D eigenvalue weighted by Gasteiger charge is -2.25. The molecule has 2 rings (SSSR count). The van der Waals surface area contributed by atoms with E-state index in [1.54, 1.807) is 13.3 Å². The third-order valence-corrected chi connectivity index (χ3v) is 4.30. The Balaban J connectivity index is 0.00000392. The third-order valence-electron chi connectivity index (χ3n) is 4.30. The summed E-state index contributed by atoms with van der Waals surface area (Å²) in [7, 11) is 5.84. The molecular formula is C20H33IN6O. The number of guanidine groups is 1. The fraction of sp³-hybridized carbons (Fsp3) is 0.500. The van der Waals surface area contributed by atoms with Crippen LogP contribution in [0.3, 0.4) is 0 Å². The number of nitrogens with zero attached hydrogens (tertiary/aromatic N) is 4. The number of halogens is 1. The van der Waals surface area contributed by atoms with Gasteiger partial charge in [0.25, 0.3) is 0 Å². The Bertz CT molecular complexity index is 690. The van der Waals surface area contributed by atoms with Crippen molar-refractivity contribution >= 4 is 29.9 Å². The normalized spacial score (nSPS) is 12.4. The third kappa shape index (κ3) is 7.67. The van der Waals surface area contributed by atoms with E-state index < -0.39 is 0 Å².